The van der Waals surface area contributed by atoms with Crippen LogP contribution in [0.4, 0.5) is 0 Å². The van der Waals surface area contributed by atoms with Gasteiger partial charge in [0.1, 0.15) is 0 Å². The monoisotopic (exact) mass is 267 g/mol. The fraction of sp³-hybridized carbons (Fsp3) is 0.231. The number of hydrogen-bond donors (Lipinski definition) is 2. The number of H-pyrrole nitrogens is 1. The average molecular weight is 267 g/mol. The predicted molar refractivity (Wildman–Crippen MR) is 71.7 cm³/mol. The van der Waals surface area contributed by atoms with E-state index in [9.17, 15) is 0 Å². The van der Waals surface area contributed by atoms with E-state index in [1.165, 1.54) is 0 Å². The minimum Gasteiger partial charge on any atom is -0.308 e. The number of nitrogens with one attached hydrogen (secondary N) is 2. The number of fused-ring (bicyclic) bond motifs is 1. The van der Waals surface area contributed by atoms with Crippen LogP contribution in [0, 0.1) is 0 Å². The number of rotatable bonds is 2. The maximum absolute atomic E-state index is 4.36. The molecular weight excluding hydrogens is 254 g/mol. The third-order valence-corrected chi connectivity index (χ3v) is 3.52. The van der Waals surface area contributed by atoms with Gasteiger partial charge in [0.25, 0.3) is 0 Å². The first kappa shape index (κ1) is 11.3. The molecule has 1 atom stereocenters. The third kappa shape index (κ3) is 1.71. The smallest absolute Gasteiger partial charge is 0.167 e. The standard InChI is InChI=1S/C13H13N7/c1-3-14-4-2-9(1)11-13-19-18-12(10-7-16-17-8-10)20(13)6-5-15-11/h1-4,7-8,11,15H,5-6H2,(H,16,17). The summed E-state index contributed by atoms with van der Waals surface area (Å²) in [6.45, 7) is 1.73. The zero-order chi connectivity index (χ0) is 13.4. The molecule has 7 nitrogen and oxygen atoms in total. The molecule has 1 unspecified atom stereocenters. The fourth-order valence-electron chi connectivity index (χ4n) is 2.57. The Hall–Kier alpha value is -2.54. The summed E-state index contributed by atoms with van der Waals surface area (Å²) in [5, 5.41) is 18.9. The van der Waals surface area contributed by atoms with Crippen molar-refractivity contribution in [3.63, 3.8) is 0 Å². The van der Waals surface area contributed by atoms with E-state index in [4.69, 9.17) is 0 Å². The van der Waals surface area contributed by atoms with Crippen molar-refractivity contribution >= 4 is 0 Å². The molecule has 100 valence electrons. The molecule has 0 saturated carbocycles. The van der Waals surface area contributed by atoms with E-state index in [2.05, 4.69) is 35.3 Å². The van der Waals surface area contributed by atoms with E-state index < -0.39 is 0 Å². The highest BCUT2D eigenvalue weighted by atomic mass is 15.3. The second kappa shape index (κ2) is 4.53. The Morgan fingerprint density at radius 3 is 2.90 bits per heavy atom. The van der Waals surface area contributed by atoms with Crippen LogP contribution in [0.2, 0.25) is 0 Å². The van der Waals surface area contributed by atoms with E-state index in [-0.39, 0.29) is 6.04 Å². The normalized spacial score (nSPS) is 17.9. The van der Waals surface area contributed by atoms with Crippen LogP contribution in [0.25, 0.3) is 11.4 Å². The minimum absolute atomic E-state index is 0.0555. The maximum atomic E-state index is 4.36. The average Bonchev–Trinajstić information content (AvgIpc) is 3.16. The van der Waals surface area contributed by atoms with Gasteiger partial charge in [-0.25, -0.2) is 0 Å². The van der Waals surface area contributed by atoms with Crippen molar-refractivity contribution in [3.8, 4) is 11.4 Å². The Balaban J connectivity index is 1.80. The molecule has 3 aromatic rings. The molecule has 0 fully saturated rings. The van der Waals surface area contributed by atoms with Crippen molar-refractivity contribution < 1.29 is 0 Å². The molecule has 2 N–H and O–H groups in total. The van der Waals surface area contributed by atoms with Gasteiger partial charge in [0.05, 0.1) is 17.8 Å². The molecule has 4 rings (SSSR count). The van der Waals surface area contributed by atoms with Crippen molar-refractivity contribution in [2.45, 2.75) is 12.6 Å². The number of aromatic nitrogens is 6. The van der Waals surface area contributed by atoms with E-state index in [1.54, 1.807) is 18.6 Å². The molecule has 3 aromatic heterocycles. The van der Waals surface area contributed by atoms with Crippen LogP contribution >= 0.6 is 0 Å². The van der Waals surface area contributed by atoms with Gasteiger partial charge in [0.2, 0.25) is 0 Å². The van der Waals surface area contributed by atoms with Gasteiger partial charge in [0.15, 0.2) is 11.6 Å². The number of nitrogens with zero attached hydrogens (tertiary/aromatic N) is 5. The van der Waals surface area contributed by atoms with Gasteiger partial charge < -0.3 is 9.88 Å². The van der Waals surface area contributed by atoms with Crippen LogP contribution < -0.4 is 5.32 Å². The van der Waals surface area contributed by atoms with Crippen molar-refractivity contribution in [2.75, 3.05) is 6.54 Å². The molecule has 20 heavy (non-hydrogen) atoms. The van der Waals surface area contributed by atoms with Crippen LogP contribution in [0.5, 0.6) is 0 Å². The van der Waals surface area contributed by atoms with Crippen molar-refractivity contribution in [3.05, 3.63) is 48.3 Å². The topological polar surface area (TPSA) is 84.3 Å². The largest absolute Gasteiger partial charge is 0.308 e. The molecular formula is C13H13N7. The highest BCUT2D eigenvalue weighted by Crippen LogP contribution is 2.26. The van der Waals surface area contributed by atoms with Crippen LogP contribution in [0.15, 0.2) is 36.9 Å². The van der Waals surface area contributed by atoms with Crippen LogP contribution in [-0.2, 0) is 6.54 Å². The van der Waals surface area contributed by atoms with E-state index in [1.807, 2.05) is 18.3 Å². The first-order valence-corrected chi connectivity index (χ1v) is 6.49. The molecule has 1 aliphatic heterocycles. The van der Waals surface area contributed by atoms with Gasteiger partial charge >= 0.3 is 0 Å². The Labute approximate surface area is 115 Å². The SMILES string of the molecule is c1cc(C2NCCn3c(-c4cn[nH]c4)nnc32)ccn1. The molecule has 7 heteroatoms. The lowest BCUT2D eigenvalue weighted by Gasteiger charge is -2.25. The van der Waals surface area contributed by atoms with Gasteiger partial charge in [-0.3, -0.25) is 10.1 Å². The summed E-state index contributed by atoms with van der Waals surface area (Å²) in [6.07, 6.45) is 7.19. The van der Waals surface area contributed by atoms with Crippen molar-refractivity contribution in [1.82, 2.24) is 35.3 Å². The van der Waals surface area contributed by atoms with Gasteiger partial charge in [-0.1, -0.05) is 0 Å². The molecule has 0 spiro atoms. The second-order valence-electron chi connectivity index (χ2n) is 4.69. The molecule has 0 radical (unpaired) electrons. The molecule has 0 amide bonds. The Morgan fingerprint density at radius 1 is 1.20 bits per heavy atom. The van der Waals surface area contributed by atoms with Gasteiger partial charge in [0, 0.05) is 31.7 Å². The molecule has 0 aliphatic carbocycles. The second-order valence-corrected chi connectivity index (χ2v) is 4.69. The van der Waals surface area contributed by atoms with Crippen LogP contribution in [0.3, 0.4) is 0 Å². The van der Waals surface area contributed by atoms with Gasteiger partial charge in [-0.15, -0.1) is 10.2 Å². The number of pyridine rings is 1. The molecule has 4 heterocycles. The molecule has 1 aliphatic rings. The summed E-state index contributed by atoms with van der Waals surface area (Å²) in [4.78, 5) is 4.06. The molecule has 0 aromatic carbocycles. The highest BCUT2D eigenvalue weighted by Gasteiger charge is 2.26. The summed E-state index contributed by atoms with van der Waals surface area (Å²) >= 11 is 0. The van der Waals surface area contributed by atoms with E-state index >= 15 is 0 Å². The summed E-state index contributed by atoms with van der Waals surface area (Å²) in [5.41, 5.74) is 2.10. The number of aromatic amines is 1. The summed E-state index contributed by atoms with van der Waals surface area (Å²) in [6, 6.07) is 4.05. The zero-order valence-electron chi connectivity index (χ0n) is 10.7. The zero-order valence-corrected chi connectivity index (χ0v) is 10.7. The Kier molecular flexibility index (Phi) is 2.56. The van der Waals surface area contributed by atoms with E-state index in [0.29, 0.717) is 0 Å². The van der Waals surface area contributed by atoms with Crippen LogP contribution in [0.1, 0.15) is 17.4 Å². The highest BCUT2D eigenvalue weighted by molar-refractivity contribution is 5.53. The Bertz CT molecular complexity index is 702. The first-order valence-electron chi connectivity index (χ1n) is 6.49. The maximum Gasteiger partial charge on any atom is 0.167 e. The Morgan fingerprint density at radius 2 is 2.10 bits per heavy atom. The first-order chi connectivity index (χ1) is 9.93. The van der Waals surface area contributed by atoms with E-state index in [0.717, 1.165) is 35.9 Å². The van der Waals surface area contributed by atoms with Crippen molar-refractivity contribution in [1.29, 1.82) is 0 Å². The summed E-state index contributed by atoms with van der Waals surface area (Å²) in [5.74, 6) is 1.79. The predicted octanol–water partition coefficient (Wildman–Crippen LogP) is 0.756. The lowest BCUT2D eigenvalue weighted by Crippen LogP contribution is -2.34. The summed E-state index contributed by atoms with van der Waals surface area (Å²) in [7, 11) is 0. The lowest BCUT2D eigenvalue weighted by atomic mass is 10.1. The lowest BCUT2D eigenvalue weighted by molar-refractivity contribution is 0.458. The van der Waals surface area contributed by atoms with Crippen molar-refractivity contribution in [2.24, 2.45) is 0 Å². The fourth-order valence-corrected chi connectivity index (χ4v) is 2.57. The quantitative estimate of drug-likeness (QED) is 0.716. The molecule has 0 saturated heterocycles. The minimum atomic E-state index is 0.0555. The summed E-state index contributed by atoms with van der Waals surface area (Å²) < 4.78 is 2.15. The molecule has 0 bridgehead atoms. The van der Waals surface area contributed by atoms with Gasteiger partial charge in [-0.2, -0.15) is 5.10 Å². The number of hydrogen-bond acceptors (Lipinski definition) is 5. The third-order valence-electron chi connectivity index (χ3n) is 3.52. The van der Waals surface area contributed by atoms with Gasteiger partial charge in [-0.05, 0) is 17.7 Å². The van der Waals surface area contributed by atoms with Crippen LogP contribution in [-0.4, -0.2) is 36.5 Å².